The molecule has 2 unspecified atom stereocenters. The molecule has 0 saturated carbocycles. The third kappa shape index (κ3) is 3.20. The van der Waals surface area contributed by atoms with Gasteiger partial charge >= 0.3 is 12.4 Å². The summed E-state index contributed by atoms with van der Waals surface area (Å²) in [4.78, 5) is 0. The predicted octanol–water partition coefficient (Wildman–Crippen LogP) is 2.41. The Labute approximate surface area is 93.0 Å². The zero-order valence-electron chi connectivity index (χ0n) is 7.97. The zero-order chi connectivity index (χ0) is 14.1. The molecular formula is C6H2F8N4. The second kappa shape index (κ2) is 4.57. The molecule has 0 fully saturated rings. The van der Waals surface area contributed by atoms with Crippen LogP contribution < -0.4 is 0 Å². The van der Waals surface area contributed by atoms with Crippen LogP contribution in [0, 0.1) is 0 Å². The Morgan fingerprint density at radius 3 is 1.00 bits per heavy atom. The number of aromatic nitrogens is 4. The lowest BCUT2D eigenvalue weighted by molar-refractivity contribution is -0.188. The summed E-state index contributed by atoms with van der Waals surface area (Å²) in [5.41, 5.74) is 0. The van der Waals surface area contributed by atoms with E-state index in [1.54, 1.807) is 0 Å². The van der Waals surface area contributed by atoms with Crippen LogP contribution in [0.5, 0.6) is 0 Å². The molecule has 12 heteroatoms. The monoisotopic (exact) mass is 282 g/mol. The summed E-state index contributed by atoms with van der Waals surface area (Å²) >= 11 is 0. The van der Waals surface area contributed by atoms with Gasteiger partial charge in [-0.1, -0.05) is 0 Å². The summed E-state index contributed by atoms with van der Waals surface area (Å²) in [7, 11) is 0. The van der Waals surface area contributed by atoms with Crippen LogP contribution in [-0.4, -0.2) is 32.7 Å². The van der Waals surface area contributed by atoms with Gasteiger partial charge in [-0.25, -0.2) is 8.78 Å². The minimum atomic E-state index is -5.36. The van der Waals surface area contributed by atoms with Crippen molar-refractivity contribution >= 4 is 0 Å². The molecule has 0 aliphatic rings. The fourth-order valence-electron chi connectivity index (χ4n) is 0.740. The first-order valence-electron chi connectivity index (χ1n) is 4.02. The number of alkyl halides is 8. The minimum absolute atomic E-state index is 1.60. The molecule has 0 amide bonds. The van der Waals surface area contributed by atoms with E-state index in [4.69, 9.17) is 0 Å². The first-order chi connectivity index (χ1) is 8.03. The van der Waals surface area contributed by atoms with Crippen molar-refractivity contribution in [3.8, 4) is 0 Å². The molecule has 1 heterocycles. The summed E-state index contributed by atoms with van der Waals surface area (Å²) in [6.45, 7) is 0. The first kappa shape index (κ1) is 14.4. The molecule has 0 spiro atoms. The van der Waals surface area contributed by atoms with Gasteiger partial charge in [0, 0.05) is 0 Å². The van der Waals surface area contributed by atoms with Crippen molar-refractivity contribution in [2.45, 2.75) is 24.7 Å². The maximum absolute atomic E-state index is 12.6. The molecule has 18 heavy (non-hydrogen) atoms. The van der Waals surface area contributed by atoms with Gasteiger partial charge in [0.1, 0.15) is 0 Å². The van der Waals surface area contributed by atoms with Gasteiger partial charge in [0.25, 0.3) is 12.3 Å². The summed E-state index contributed by atoms with van der Waals surface area (Å²) in [5, 5.41) is 9.68. The van der Waals surface area contributed by atoms with Crippen molar-refractivity contribution in [1.82, 2.24) is 20.4 Å². The van der Waals surface area contributed by atoms with E-state index < -0.39 is 36.3 Å². The van der Waals surface area contributed by atoms with Gasteiger partial charge in [-0.15, -0.1) is 20.4 Å². The van der Waals surface area contributed by atoms with Gasteiger partial charge in [-0.3, -0.25) is 0 Å². The minimum Gasteiger partial charge on any atom is -0.228 e. The number of halogens is 8. The van der Waals surface area contributed by atoms with E-state index in [-0.39, 0.29) is 0 Å². The van der Waals surface area contributed by atoms with E-state index in [0.29, 0.717) is 0 Å². The fraction of sp³-hybridized carbons (Fsp3) is 0.667. The van der Waals surface area contributed by atoms with Gasteiger partial charge < -0.3 is 0 Å². The lowest BCUT2D eigenvalue weighted by atomic mass is 10.3. The Bertz CT molecular complexity index is 359. The van der Waals surface area contributed by atoms with Crippen molar-refractivity contribution in [1.29, 1.82) is 0 Å². The van der Waals surface area contributed by atoms with Crippen molar-refractivity contribution in [2.75, 3.05) is 0 Å². The summed E-state index contributed by atoms with van der Waals surface area (Å²) < 4.78 is 96.0. The Morgan fingerprint density at radius 2 is 0.833 bits per heavy atom. The maximum Gasteiger partial charge on any atom is 0.427 e. The van der Waals surface area contributed by atoms with Crippen LogP contribution in [-0.2, 0) is 0 Å². The molecule has 0 radical (unpaired) electrons. The molecule has 102 valence electrons. The smallest absolute Gasteiger partial charge is 0.228 e. The maximum atomic E-state index is 12.6. The van der Waals surface area contributed by atoms with E-state index in [9.17, 15) is 35.1 Å². The lowest BCUT2D eigenvalue weighted by Gasteiger charge is -2.11. The number of hydrogen-bond donors (Lipinski definition) is 0. The Balaban J connectivity index is 2.94. The largest absolute Gasteiger partial charge is 0.427 e. The highest BCUT2D eigenvalue weighted by Gasteiger charge is 2.46. The van der Waals surface area contributed by atoms with Crippen molar-refractivity contribution < 1.29 is 35.1 Å². The highest BCUT2D eigenvalue weighted by atomic mass is 19.4. The Hall–Kier alpha value is -1.62. The SMILES string of the molecule is FC(c1nnc(C(F)C(F)(F)F)nn1)C(F)(F)F. The predicted molar refractivity (Wildman–Crippen MR) is 37.4 cm³/mol. The third-order valence-corrected chi connectivity index (χ3v) is 1.54. The molecule has 0 saturated heterocycles. The van der Waals surface area contributed by atoms with Gasteiger partial charge in [-0.05, 0) is 0 Å². The van der Waals surface area contributed by atoms with E-state index >= 15 is 0 Å². The average Bonchev–Trinajstić information content (AvgIpc) is 2.25. The molecule has 1 aromatic heterocycles. The normalized spacial score (nSPS) is 16.4. The standard InChI is InChI=1S/C6H2F8N4/c7-1(5(9,10)11)3-15-17-4(18-16-3)2(8)6(12,13)14/h1-2H. The molecule has 1 aromatic rings. The summed E-state index contributed by atoms with van der Waals surface area (Å²) in [6.07, 6.45) is -18.0. The molecule has 2 atom stereocenters. The van der Waals surface area contributed by atoms with Gasteiger partial charge in [0.15, 0.2) is 0 Å². The molecule has 0 aliphatic heterocycles. The molecule has 4 nitrogen and oxygen atoms in total. The van der Waals surface area contributed by atoms with E-state index in [1.165, 1.54) is 0 Å². The van der Waals surface area contributed by atoms with Crippen LogP contribution in [0.1, 0.15) is 24.0 Å². The van der Waals surface area contributed by atoms with E-state index in [0.717, 1.165) is 0 Å². The van der Waals surface area contributed by atoms with Gasteiger partial charge in [0.2, 0.25) is 11.6 Å². The van der Waals surface area contributed by atoms with Crippen LogP contribution in [0.4, 0.5) is 35.1 Å². The van der Waals surface area contributed by atoms with Crippen LogP contribution in [0.25, 0.3) is 0 Å². The number of nitrogens with zero attached hydrogens (tertiary/aromatic N) is 4. The fourth-order valence-corrected chi connectivity index (χ4v) is 0.740. The zero-order valence-corrected chi connectivity index (χ0v) is 7.97. The van der Waals surface area contributed by atoms with Crippen LogP contribution in [0.15, 0.2) is 0 Å². The van der Waals surface area contributed by atoms with Crippen LogP contribution >= 0.6 is 0 Å². The van der Waals surface area contributed by atoms with Crippen LogP contribution in [0.2, 0.25) is 0 Å². The molecule has 1 rings (SSSR count). The molecule has 0 aromatic carbocycles. The van der Waals surface area contributed by atoms with Crippen molar-refractivity contribution in [3.63, 3.8) is 0 Å². The highest BCUT2D eigenvalue weighted by Crippen LogP contribution is 2.35. The van der Waals surface area contributed by atoms with Crippen molar-refractivity contribution in [3.05, 3.63) is 11.6 Å². The Kier molecular flexibility index (Phi) is 3.67. The third-order valence-electron chi connectivity index (χ3n) is 1.54. The lowest BCUT2D eigenvalue weighted by Crippen LogP contribution is -2.23. The molecule has 0 aliphatic carbocycles. The van der Waals surface area contributed by atoms with Crippen LogP contribution in [0.3, 0.4) is 0 Å². The molecule has 0 N–H and O–H groups in total. The van der Waals surface area contributed by atoms with Gasteiger partial charge in [-0.2, -0.15) is 26.3 Å². The second-order valence-electron chi connectivity index (χ2n) is 2.92. The van der Waals surface area contributed by atoms with E-state index in [1.807, 2.05) is 0 Å². The summed E-state index contributed by atoms with van der Waals surface area (Å²) in [6, 6.07) is 0. The Morgan fingerprint density at radius 1 is 0.611 bits per heavy atom. The van der Waals surface area contributed by atoms with Crippen molar-refractivity contribution in [2.24, 2.45) is 0 Å². The van der Waals surface area contributed by atoms with Gasteiger partial charge in [0.05, 0.1) is 0 Å². The average molecular weight is 282 g/mol. The summed E-state index contributed by atoms with van der Waals surface area (Å²) in [5.74, 6) is -3.19. The quantitative estimate of drug-likeness (QED) is 0.782. The molecular weight excluding hydrogens is 280 g/mol. The topological polar surface area (TPSA) is 51.6 Å². The highest BCUT2D eigenvalue weighted by molar-refractivity contribution is 4.94. The molecule has 0 bridgehead atoms. The number of hydrogen-bond acceptors (Lipinski definition) is 4. The number of rotatable bonds is 2. The second-order valence-corrected chi connectivity index (χ2v) is 2.92. The van der Waals surface area contributed by atoms with E-state index in [2.05, 4.69) is 20.4 Å². The first-order valence-corrected chi connectivity index (χ1v) is 4.02.